The maximum absolute atomic E-state index is 13.3. The highest BCUT2D eigenvalue weighted by Gasteiger charge is 2.37. The highest BCUT2D eigenvalue weighted by molar-refractivity contribution is 6.30. The number of nitrogens with zero attached hydrogens (tertiary/aromatic N) is 4. The lowest BCUT2D eigenvalue weighted by molar-refractivity contribution is -0.155. The van der Waals surface area contributed by atoms with Crippen molar-refractivity contribution in [3.05, 3.63) is 53.3 Å². The second-order valence-corrected chi connectivity index (χ2v) is 8.48. The molecule has 35 heavy (non-hydrogen) atoms. The molecule has 1 fully saturated rings. The van der Waals surface area contributed by atoms with Gasteiger partial charge in [-0.2, -0.15) is 0 Å². The van der Waals surface area contributed by atoms with Gasteiger partial charge in [0.05, 0.1) is 19.2 Å². The van der Waals surface area contributed by atoms with Crippen LogP contribution in [0.25, 0.3) is 10.9 Å². The Bertz CT molecular complexity index is 1240. The zero-order valence-corrected chi connectivity index (χ0v) is 20.2. The number of rotatable bonds is 8. The van der Waals surface area contributed by atoms with E-state index in [0.717, 1.165) is 10.9 Å². The van der Waals surface area contributed by atoms with Crippen LogP contribution < -0.4 is 15.2 Å². The van der Waals surface area contributed by atoms with Crippen molar-refractivity contribution in [2.45, 2.75) is 12.6 Å². The molecule has 1 aromatic heterocycles. The summed E-state index contributed by atoms with van der Waals surface area (Å²) >= 11 is 6.06. The molecule has 1 aliphatic heterocycles. The van der Waals surface area contributed by atoms with E-state index < -0.39 is 6.04 Å². The zero-order chi connectivity index (χ0) is 24.9. The van der Waals surface area contributed by atoms with Crippen molar-refractivity contribution in [1.82, 2.24) is 19.8 Å². The van der Waals surface area contributed by atoms with E-state index in [9.17, 15) is 9.59 Å². The average molecular weight is 500 g/mol. The number of benzene rings is 2. The number of carbonyl (C=O) groups is 2. The summed E-state index contributed by atoms with van der Waals surface area (Å²) in [6.45, 7) is 0.930. The number of halogens is 1. The predicted octanol–water partition coefficient (Wildman–Crippen LogP) is 2.14. The summed E-state index contributed by atoms with van der Waals surface area (Å²) in [7, 11) is 3.01. The van der Waals surface area contributed by atoms with E-state index in [-0.39, 0.29) is 25.0 Å². The number of ether oxygens (including phenoxy) is 3. The lowest BCUT2D eigenvalue weighted by Gasteiger charge is -2.40. The summed E-state index contributed by atoms with van der Waals surface area (Å²) in [6.07, 6.45) is 1.41. The maximum atomic E-state index is 13.3. The Labute approximate surface area is 207 Å². The van der Waals surface area contributed by atoms with Crippen molar-refractivity contribution in [2.24, 2.45) is 0 Å². The molecule has 184 valence electrons. The fraction of sp³-hybridized carbons (Fsp3) is 0.333. The fourth-order valence-corrected chi connectivity index (χ4v) is 4.24. The van der Waals surface area contributed by atoms with E-state index in [1.807, 2.05) is 18.2 Å². The molecule has 0 bridgehead atoms. The van der Waals surface area contributed by atoms with Crippen LogP contribution in [0.1, 0.15) is 5.56 Å². The van der Waals surface area contributed by atoms with Crippen LogP contribution in [0.15, 0.2) is 42.7 Å². The van der Waals surface area contributed by atoms with Crippen LogP contribution in [0.5, 0.6) is 11.5 Å². The fourth-order valence-electron chi connectivity index (χ4n) is 4.02. The standard InChI is InChI=1S/C24H26ClN5O5/c1-33-12-21-24(32)29(11-15-3-4-19-20(7-15)27-14-28-23(19)26)5-6-30(21)22(31)13-35-18-9-16(25)8-17(10-18)34-2/h3-4,7-10,14,21H,5-6,11-13H2,1-2H3,(H2,26,27,28). The molecule has 1 atom stereocenters. The topological polar surface area (TPSA) is 120 Å². The second kappa shape index (κ2) is 10.7. The van der Waals surface area contributed by atoms with E-state index in [1.54, 1.807) is 23.1 Å². The molecule has 0 spiro atoms. The van der Waals surface area contributed by atoms with Gasteiger partial charge in [-0.3, -0.25) is 9.59 Å². The monoisotopic (exact) mass is 499 g/mol. The minimum atomic E-state index is -0.753. The van der Waals surface area contributed by atoms with Crippen molar-refractivity contribution < 1.29 is 23.8 Å². The highest BCUT2D eigenvalue weighted by Crippen LogP contribution is 2.26. The number of methoxy groups -OCH3 is 2. The molecule has 1 unspecified atom stereocenters. The van der Waals surface area contributed by atoms with Crippen LogP contribution in [-0.4, -0.2) is 78.1 Å². The number of nitrogens with two attached hydrogens (primary N) is 1. The molecule has 2 heterocycles. The third-order valence-corrected chi connectivity index (χ3v) is 5.99. The Morgan fingerprint density at radius 1 is 1.14 bits per heavy atom. The van der Waals surface area contributed by atoms with Gasteiger partial charge in [-0.05, 0) is 29.8 Å². The van der Waals surface area contributed by atoms with E-state index >= 15 is 0 Å². The number of carbonyl (C=O) groups excluding carboxylic acids is 2. The van der Waals surface area contributed by atoms with Gasteiger partial charge in [0.15, 0.2) is 6.61 Å². The number of aromatic nitrogens is 2. The van der Waals surface area contributed by atoms with Crippen LogP contribution in [0.3, 0.4) is 0 Å². The Kier molecular flexibility index (Phi) is 7.52. The molecular weight excluding hydrogens is 474 g/mol. The minimum Gasteiger partial charge on any atom is -0.497 e. The third-order valence-electron chi connectivity index (χ3n) is 5.78. The van der Waals surface area contributed by atoms with Gasteiger partial charge in [0.2, 0.25) is 5.91 Å². The summed E-state index contributed by atoms with van der Waals surface area (Å²) < 4.78 is 16.1. The summed E-state index contributed by atoms with van der Waals surface area (Å²) in [5, 5.41) is 1.18. The predicted molar refractivity (Wildman–Crippen MR) is 130 cm³/mol. The molecule has 10 nitrogen and oxygen atoms in total. The van der Waals surface area contributed by atoms with Crippen LogP contribution in [-0.2, 0) is 20.9 Å². The molecule has 2 amide bonds. The molecule has 0 radical (unpaired) electrons. The van der Waals surface area contributed by atoms with Gasteiger partial charge in [0.1, 0.15) is 29.7 Å². The molecule has 2 aromatic carbocycles. The number of fused-ring (bicyclic) bond motifs is 1. The molecular formula is C24H26ClN5O5. The van der Waals surface area contributed by atoms with Gasteiger partial charge in [0.25, 0.3) is 5.91 Å². The molecule has 2 N–H and O–H groups in total. The van der Waals surface area contributed by atoms with E-state index in [1.165, 1.54) is 25.4 Å². The normalized spacial score (nSPS) is 16.0. The summed E-state index contributed by atoms with van der Waals surface area (Å²) in [6, 6.07) is 9.74. The third kappa shape index (κ3) is 5.55. The molecule has 0 saturated carbocycles. The van der Waals surface area contributed by atoms with Crippen LogP contribution in [0.4, 0.5) is 5.82 Å². The van der Waals surface area contributed by atoms with Crippen molar-refractivity contribution in [1.29, 1.82) is 0 Å². The number of nitrogen functional groups attached to an aromatic ring is 1. The molecule has 1 aliphatic rings. The lowest BCUT2D eigenvalue weighted by Crippen LogP contribution is -2.60. The van der Waals surface area contributed by atoms with E-state index in [0.29, 0.717) is 47.5 Å². The first-order chi connectivity index (χ1) is 16.9. The van der Waals surface area contributed by atoms with Crippen molar-refractivity contribution in [3.8, 4) is 11.5 Å². The van der Waals surface area contributed by atoms with Gasteiger partial charge in [-0.15, -0.1) is 0 Å². The van der Waals surface area contributed by atoms with E-state index in [4.69, 9.17) is 31.5 Å². The number of hydrogen-bond donors (Lipinski definition) is 1. The first kappa shape index (κ1) is 24.5. The highest BCUT2D eigenvalue weighted by atomic mass is 35.5. The van der Waals surface area contributed by atoms with Gasteiger partial charge in [-0.1, -0.05) is 17.7 Å². The van der Waals surface area contributed by atoms with Gasteiger partial charge < -0.3 is 29.7 Å². The molecule has 1 saturated heterocycles. The Hall–Kier alpha value is -3.63. The van der Waals surface area contributed by atoms with Gasteiger partial charge >= 0.3 is 0 Å². The van der Waals surface area contributed by atoms with Crippen molar-refractivity contribution in [3.63, 3.8) is 0 Å². The van der Waals surface area contributed by atoms with Gasteiger partial charge in [-0.25, -0.2) is 9.97 Å². The number of piperazine rings is 1. The first-order valence-electron chi connectivity index (χ1n) is 10.9. The van der Waals surface area contributed by atoms with Crippen LogP contribution >= 0.6 is 11.6 Å². The Balaban J connectivity index is 1.44. The largest absolute Gasteiger partial charge is 0.497 e. The quantitative estimate of drug-likeness (QED) is 0.500. The summed E-state index contributed by atoms with van der Waals surface area (Å²) in [5.74, 6) is 0.805. The molecule has 3 aromatic rings. The number of amides is 2. The zero-order valence-electron chi connectivity index (χ0n) is 19.4. The molecule has 11 heteroatoms. The maximum Gasteiger partial charge on any atom is 0.261 e. The van der Waals surface area contributed by atoms with Crippen molar-refractivity contribution in [2.75, 3.05) is 46.3 Å². The Morgan fingerprint density at radius 3 is 2.71 bits per heavy atom. The lowest BCUT2D eigenvalue weighted by atomic mass is 10.1. The first-order valence-corrected chi connectivity index (χ1v) is 11.3. The molecule has 4 rings (SSSR count). The second-order valence-electron chi connectivity index (χ2n) is 8.04. The summed E-state index contributed by atoms with van der Waals surface area (Å²) in [4.78, 5) is 37.7. The van der Waals surface area contributed by atoms with Gasteiger partial charge in [0, 0.05) is 43.2 Å². The summed E-state index contributed by atoms with van der Waals surface area (Å²) in [5.41, 5.74) is 7.51. The van der Waals surface area contributed by atoms with Crippen LogP contribution in [0, 0.1) is 0 Å². The molecule has 0 aliphatic carbocycles. The van der Waals surface area contributed by atoms with E-state index in [2.05, 4.69) is 9.97 Å². The Morgan fingerprint density at radius 2 is 1.94 bits per heavy atom. The minimum absolute atomic E-state index is 0.0769. The average Bonchev–Trinajstić information content (AvgIpc) is 2.85. The number of anilines is 1. The van der Waals surface area contributed by atoms with Crippen molar-refractivity contribution >= 4 is 40.1 Å². The van der Waals surface area contributed by atoms with Crippen LogP contribution in [0.2, 0.25) is 5.02 Å². The smallest absolute Gasteiger partial charge is 0.261 e. The number of hydrogen-bond acceptors (Lipinski definition) is 8. The SMILES string of the molecule is COCC1C(=O)N(Cc2ccc3c(N)ncnc3c2)CCN1C(=O)COc1cc(Cl)cc(OC)c1.